The van der Waals surface area contributed by atoms with Crippen molar-refractivity contribution in [1.82, 2.24) is 14.4 Å². The Morgan fingerprint density at radius 3 is 1.64 bits per heavy atom. The third-order valence-corrected chi connectivity index (χ3v) is 2.75. The number of hydrogen-bond acceptors (Lipinski definition) is 4. The van der Waals surface area contributed by atoms with E-state index in [1.54, 1.807) is 0 Å². The van der Waals surface area contributed by atoms with Crippen LogP contribution in [0, 0.1) is 0 Å². The first-order valence-electron chi connectivity index (χ1n) is 7.16. The second-order valence-corrected chi connectivity index (χ2v) is 5.02. The third kappa shape index (κ3) is 12.9. The highest BCUT2D eigenvalue weighted by Gasteiger charge is 1.99. The molecule has 0 radical (unpaired) electrons. The molecule has 3 heterocycles. The van der Waals surface area contributed by atoms with Crippen molar-refractivity contribution in [2.75, 3.05) is 41.1 Å². The van der Waals surface area contributed by atoms with Gasteiger partial charge in [0.2, 0.25) is 6.33 Å². The molecule has 0 saturated carbocycles. The molecule has 6 nitrogen and oxygen atoms in total. The van der Waals surface area contributed by atoms with Gasteiger partial charge in [0.15, 0.2) is 0 Å². The lowest BCUT2D eigenvalue weighted by Crippen LogP contribution is -3.00. The SMILES string of the molecule is C1CCOC1.CN1C=CN(C)C1.CO.Cn1cc[n+](C)c1.[I-]. The normalized spacial score (nSPS) is 14.8. The summed E-state index contributed by atoms with van der Waals surface area (Å²) in [4.78, 5) is 4.25. The van der Waals surface area contributed by atoms with E-state index in [1.807, 2.05) is 42.0 Å². The van der Waals surface area contributed by atoms with Crippen molar-refractivity contribution in [1.29, 1.82) is 0 Å². The molecule has 130 valence electrons. The fraction of sp³-hybridized carbons (Fsp3) is 0.667. The summed E-state index contributed by atoms with van der Waals surface area (Å²) in [6, 6.07) is 0. The molecule has 1 N–H and O–H groups in total. The van der Waals surface area contributed by atoms with E-state index in [0.717, 1.165) is 27.0 Å². The Morgan fingerprint density at radius 1 is 1.00 bits per heavy atom. The van der Waals surface area contributed by atoms with Gasteiger partial charge < -0.3 is 43.6 Å². The van der Waals surface area contributed by atoms with Gasteiger partial charge in [-0.25, -0.2) is 9.13 Å². The minimum atomic E-state index is 0. The molecule has 0 aromatic carbocycles. The van der Waals surface area contributed by atoms with Gasteiger partial charge >= 0.3 is 0 Å². The van der Waals surface area contributed by atoms with E-state index < -0.39 is 0 Å². The number of hydrogen-bond donors (Lipinski definition) is 1. The number of aliphatic hydroxyl groups excluding tert-OH is 1. The van der Waals surface area contributed by atoms with Crippen LogP contribution < -0.4 is 28.5 Å². The molecule has 0 atom stereocenters. The quantitative estimate of drug-likeness (QED) is 0.370. The fourth-order valence-corrected chi connectivity index (χ4v) is 1.76. The molecule has 0 aliphatic carbocycles. The van der Waals surface area contributed by atoms with Gasteiger partial charge in [0.1, 0.15) is 12.4 Å². The van der Waals surface area contributed by atoms with Crippen LogP contribution in [0.2, 0.25) is 0 Å². The van der Waals surface area contributed by atoms with Gasteiger partial charge in [0, 0.05) is 46.8 Å². The van der Waals surface area contributed by atoms with Gasteiger partial charge in [-0.1, -0.05) is 0 Å². The van der Waals surface area contributed by atoms with Gasteiger partial charge in [-0.2, -0.15) is 0 Å². The maximum atomic E-state index is 7.00. The summed E-state index contributed by atoms with van der Waals surface area (Å²) in [5.41, 5.74) is 0. The van der Waals surface area contributed by atoms with Crippen molar-refractivity contribution in [2.24, 2.45) is 14.1 Å². The van der Waals surface area contributed by atoms with Gasteiger partial charge in [-0.05, 0) is 12.8 Å². The summed E-state index contributed by atoms with van der Waals surface area (Å²) < 4.78 is 8.94. The van der Waals surface area contributed by atoms with E-state index in [0.29, 0.717) is 0 Å². The van der Waals surface area contributed by atoms with Crippen LogP contribution in [0.1, 0.15) is 12.8 Å². The van der Waals surface area contributed by atoms with Crippen molar-refractivity contribution in [3.05, 3.63) is 31.1 Å². The average Bonchev–Trinajstić information content (AvgIpc) is 3.20. The van der Waals surface area contributed by atoms with E-state index in [9.17, 15) is 0 Å². The number of rotatable bonds is 0. The van der Waals surface area contributed by atoms with E-state index in [2.05, 4.69) is 36.3 Å². The summed E-state index contributed by atoms with van der Waals surface area (Å²) in [6.07, 6.45) is 12.7. The van der Waals surface area contributed by atoms with E-state index in [1.165, 1.54) is 12.8 Å². The minimum absolute atomic E-state index is 0. The van der Waals surface area contributed by atoms with Gasteiger partial charge in [-0.15, -0.1) is 0 Å². The van der Waals surface area contributed by atoms with Crippen LogP contribution in [0.5, 0.6) is 0 Å². The first-order valence-corrected chi connectivity index (χ1v) is 7.16. The van der Waals surface area contributed by atoms with Gasteiger partial charge in [-0.3, -0.25) is 0 Å². The van der Waals surface area contributed by atoms with Crippen molar-refractivity contribution in [3.63, 3.8) is 0 Å². The molecular formula is C15H31IN4O2. The molecule has 0 amide bonds. The molecule has 0 spiro atoms. The minimum Gasteiger partial charge on any atom is -1.00 e. The number of halogens is 1. The zero-order valence-electron chi connectivity index (χ0n) is 14.4. The molecule has 1 saturated heterocycles. The number of imidazole rings is 1. The van der Waals surface area contributed by atoms with E-state index >= 15 is 0 Å². The molecule has 1 fully saturated rings. The Hall–Kier alpha value is -0.800. The molecule has 22 heavy (non-hydrogen) atoms. The van der Waals surface area contributed by atoms with Crippen molar-refractivity contribution < 1.29 is 38.4 Å². The first kappa shape index (κ1) is 23.5. The summed E-state index contributed by atoms with van der Waals surface area (Å²) in [6.45, 7) is 3.03. The van der Waals surface area contributed by atoms with Gasteiger partial charge in [0.05, 0.1) is 20.8 Å². The van der Waals surface area contributed by atoms with Crippen LogP contribution in [0.3, 0.4) is 0 Å². The zero-order valence-corrected chi connectivity index (χ0v) is 16.6. The molecule has 1 aromatic heterocycles. The lowest BCUT2D eigenvalue weighted by molar-refractivity contribution is -0.670. The maximum absolute atomic E-state index is 7.00. The number of ether oxygens (including phenoxy) is 1. The maximum Gasteiger partial charge on any atom is 0.243 e. The van der Waals surface area contributed by atoms with E-state index in [-0.39, 0.29) is 24.0 Å². The molecule has 0 unspecified atom stereocenters. The van der Waals surface area contributed by atoms with Gasteiger partial charge in [0.25, 0.3) is 0 Å². The third-order valence-electron chi connectivity index (χ3n) is 2.75. The molecule has 2 aliphatic heterocycles. The summed E-state index contributed by atoms with van der Waals surface area (Å²) in [7, 11) is 9.11. The van der Waals surface area contributed by atoms with Crippen molar-refractivity contribution >= 4 is 0 Å². The highest BCUT2D eigenvalue weighted by Crippen LogP contribution is 1.98. The standard InChI is InChI=1S/C5H10N2.C5H9N2.C4H8O.CH4O.HI/c2*1-6-3-4-7(2)5-6;1-2-4-5-3-1;1-2;/h3-4H,5H2,1-2H3;3-5H,1-2H3;1-4H2;2H,1H3;1H/q;+1;;;/p-1. The van der Waals surface area contributed by atoms with Crippen LogP contribution in [-0.4, -0.2) is 60.6 Å². The molecule has 3 rings (SSSR count). The monoisotopic (exact) mass is 426 g/mol. The average molecular weight is 426 g/mol. The summed E-state index contributed by atoms with van der Waals surface area (Å²) in [5.74, 6) is 0. The van der Waals surface area contributed by atoms with Crippen LogP contribution >= 0.6 is 0 Å². The highest BCUT2D eigenvalue weighted by atomic mass is 127. The summed E-state index contributed by atoms with van der Waals surface area (Å²) >= 11 is 0. The molecular weight excluding hydrogens is 395 g/mol. The van der Waals surface area contributed by atoms with Crippen LogP contribution in [0.25, 0.3) is 0 Å². The second-order valence-electron chi connectivity index (χ2n) is 5.02. The number of aryl methyl sites for hydroxylation is 2. The molecule has 1 aromatic rings. The Kier molecular flexibility index (Phi) is 16.1. The number of aliphatic hydroxyl groups is 1. The predicted molar refractivity (Wildman–Crippen MR) is 84.3 cm³/mol. The van der Waals surface area contributed by atoms with E-state index in [4.69, 9.17) is 9.84 Å². The number of aromatic nitrogens is 2. The summed E-state index contributed by atoms with van der Waals surface area (Å²) in [5, 5.41) is 7.00. The zero-order chi connectivity index (χ0) is 16.1. The lowest BCUT2D eigenvalue weighted by Gasteiger charge is -2.10. The Labute approximate surface area is 152 Å². The molecule has 7 heteroatoms. The lowest BCUT2D eigenvalue weighted by atomic mass is 10.4. The first-order chi connectivity index (χ1) is 10.1. The highest BCUT2D eigenvalue weighted by molar-refractivity contribution is 4.85. The fourth-order valence-electron chi connectivity index (χ4n) is 1.76. The van der Waals surface area contributed by atoms with Crippen LogP contribution in [0.15, 0.2) is 31.1 Å². The smallest absolute Gasteiger partial charge is 0.243 e. The van der Waals surface area contributed by atoms with Crippen molar-refractivity contribution in [2.45, 2.75) is 12.8 Å². The van der Waals surface area contributed by atoms with Crippen molar-refractivity contribution in [3.8, 4) is 0 Å². The number of nitrogens with zero attached hydrogens (tertiary/aromatic N) is 4. The Morgan fingerprint density at radius 2 is 1.50 bits per heavy atom. The Balaban J connectivity index is 0. The van der Waals surface area contributed by atoms with Crippen LogP contribution in [-0.2, 0) is 18.8 Å². The Bertz CT molecular complexity index is 347. The second kappa shape index (κ2) is 15.1. The largest absolute Gasteiger partial charge is 1.00 e. The van der Waals surface area contributed by atoms with Crippen LogP contribution in [0.4, 0.5) is 0 Å². The topological polar surface area (TPSA) is 44.8 Å². The molecule has 2 aliphatic rings. The molecule has 0 bridgehead atoms. The predicted octanol–water partition coefficient (Wildman–Crippen LogP) is -2.45.